The zero-order valence-corrected chi connectivity index (χ0v) is 42.4. The molecule has 2 heteroatoms. The normalized spacial score (nSPS) is 12.3. The topological polar surface area (TPSA) is 6.48 Å². The van der Waals surface area contributed by atoms with Crippen molar-refractivity contribution in [2.45, 2.75) is 5.41 Å². The second kappa shape index (κ2) is 19.4. The Kier molecular flexibility index (Phi) is 11.5. The lowest BCUT2D eigenvalue weighted by Gasteiger charge is -2.34. The van der Waals surface area contributed by atoms with E-state index in [4.69, 9.17) is 0 Å². The van der Waals surface area contributed by atoms with Crippen LogP contribution in [0.3, 0.4) is 0 Å². The summed E-state index contributed by atoms with van der Waals surface area (Å²) in [4.78, 5) is 4.76. The van der Waals surface area contributed by atoms with E-state index in [1.807, 2.05) is 0 Å². The van der Waals surface area contributed by atoms with Gasteiger partial charge in [-0.1, -0.05) is 237 Å². The molecule has 0 radical (unpaired) electrons. The highest BCUT2D eigenvalue weighted by Crippen LogP contribution is 2.57. The van der Waals surface area contributed by atoms with Crippen molar-refractivity contribution >= 4 is 55.7 Å². The highest BCUT2D eigenvalue weighted by atomic mass is 15.1. The Morgan fingerprint density at radius 2 is 0.558 bits per heavy atom. The Labute approximate surface area is 450 Å². The predicted molar refractivity (Wildman–Crippen MR) is 324 cm³/mol. The fourth-order valence-corrected chi connectivity index (χ4v) is 12.1. The van der Waals surface area contributed by atoms with Gasteiger partial charge in [-0.3, -0.25) is 0 Å². The molecule has 0 aliphatic heterocycles. The van der Waals surface area contributed by atoms with E-state index in [1.165, 1.54) is 77.2 Å². The lowest BCUT2D eigenvalue weighted by molar-refractivity contribution is 0.768. The first-order valence-electron chi connectivity index (χ1n) is 26.6. The molecule has 0 saturated heterocycles. The van der Waals surface area contributed by atoms with Crippen molar-refractivity contribution in [2.75, 3.05) is 9.80 Å². The van der Waals surface area contributed by atoms with E-state index in [1.54, 1.807) is 0 Å². The molecule has 0 amide bonds. The molecule has 0 N–H and O–H groups in total. The van der Waals surface area contributed by atoms with Crippen LogP contribution in [0.25, 0.3) is 66.1 Å². The van der Waals surface area contributed by atoms with Gasteiger partial charge >= 0.3 is 0 Å². The van der Waals surface area contributed by atoms with Crippen molar-refractivity contribution in [3.63, 3.8) is 0 Å². The van der Waals surface area contributed by atoms with Gasteiger partial charge in [-0.05, 0) is 167 Å². The molecule has 0 atom stereocenters. The maximum Gasteiger partial charge on any atom is 0.0713 e. The molecule has 0 saturated carbocycles. The smallest absolute Gasteiger partial charge is 0.0713 e. The zero-order valence-electron chi connectivity index (χ0n) is 42.4. The summed E-state index contributed by atoms with van der Waals surface area (Å²) in [5, 5.41) is 4.92. The molecule has 0 fully saturated rings. The summed E-state index contributed by atoms with van der Waals surface area (Å²) >= 11 is 0. The second-order valence-electron chi connectivity index (χ2n) is 20.0. The Morgan fingerprint density at radius 1 is 0.195 bits per heavy atom. The van der Waals surface area contributed by atoms with Gasteiger partial charge in [0.15, 0.2) is 0 Å². The molecule has 77 heavy (non-hydrogen) atoms. The fraction of sp³-hybridized carbons (Fsp3) is 0.0133. The number of para-hydroxylation sites is 1. The molecule has 13 aromatic rings. The van der Waals surface area contributed by atoms with Gasteiger partial charge in [-0.25, -0.2) is 0 Å². The van der Waals surface area contributed by atoms with Crippen molar-refractivity contribution in [3.05, 3.63) is 338 Å². The maximum atomic E-state index is 2.42. The number of hydrogen-bond donors (Lipinski definition) is 0. The van der Waals surface area contributed by atoms with E-state index in [2.05, 4.69) is 325 Å². The second-order valence-corrected chi connectivity index (χ2v) is 20.0. The third-order valence-corrected chi connectivity index (χ3v) is 15.7. The Balaban J connectivity index is 0.855. The molecule has 362 valence electrons. The minimum absolute atomic E-state index is 0.479. The van der Waals surface area contributed by atoms with Crippen LogP contribution < -0.4 is 9.80 Å². The van der Waals surface area contributed by atoms with E-state index < -0.39 is 5.41 Å². The SMILES string of the molecule is c1ccc(N(c2ccc(-c3ccccc3-c3ccc(N(c4ccc(-c5ccc6ccccc6c5)cc4)c4ccc5c(c4)-c4ccccc4C5(c4ccccc4)c4ccccc4)cc3)cc2)c2ccc3ccccc3c2)cc1. The zero-order chi connectivity index (χ0) is 51.1. The van der Waals surface area contributed by atoms with Crippen LogP contribution in [0.2, 0.25) is 0 Å². The molecule has 0 bridgehead atoms. The van der Waals surface area contributed by atoms with Crippen LogP contribution in [0.4, 0.5) is 34.1 Å². The average molecular weight is 981 g/mol. The van der Waals surface area contributed by atoms with E-state index in [0.29, 0.717) is 0 Å². The molecule has 1 aliphatic carbocycles. The highest BCUT2D eigenvalue weighted by Gasteiger charge is 2.46. The third-order valence-electron chi connectivity index (χ3n) is 15.7. The Morgan fingerprint density at radius 3 is 1.12 bits per heavy atom. The van der Waals surface area contributed by atoms with Crippen LogP contribution >= 0.6 is 0 Å². The lowest BCUT2D eigenvalue weighted by atomic mass is 9.68. The summed E-state index contributed by atoms with van der Waals surface area (Å²) in [5.74, 6) is 0. The molecule has 0 spiro atoms. The van der Waals surface area contributed by atoms with Gasteiger partial charge < -0.3 is 9.80 Å². The third kappa shape index (κ3) is 8.07. The van der Waals surface area contributed by atoms with Gasteiger partial charge in [0.1, 0.15) is 0 Å². The maximum absolute atomic E-state index is 2.42. The van der Waals surface area contributed by atoms with Crippen molar-refractivity contribution < 1.29 is 0 Å². The summed E-state index contributed by atoms with van der Waals surface area (Å²) in [6.45, 7) is 0. The lowest BCUT2D eigenvalue weighted by Crippen LogP contribution is -2.28. The molecular weight excluding hydrogens is 929 g/mol. The summed E-state index contributed by atoms with van der Waals surface area (Å²) in [6, 6.07) is 115. The van der Waals surface area contributed by atoms with Crippen molar-refractivity contribution in [3.8, 4) is 44.5 Å². The molecule has 13 aromatic carbocycles. The van der Waals surface area contributed by atoms with Crippen molar-refractivity contribution in [1.29, 1.82) is 0 Å². The summed E-state index contributed by atoms with van der Waals surface area (Å²) in [5.41, 5.74) is 20.8. The Bertz CT molecular complexity index is 4200. The number of anilines is 6. The van der Waals surface area contributed by atoms with E-state index in [0.717, 1.165) is 45.3 Å². The van der Waals surface area contributed by atoms with Crippen LogP contribution in [-0.2, 0) is 5.41 Å². The standard InChI is InChI=1S/C75H52N2/c1-4-22-61(23-5-1)75(62-24-6-2-7-25-62)73-31-17-16-30-71(73)72-52-68(48-49-74(72)75)77(64-41-34-55(35-42-64)60-33-32-53-18-10-12-20-58(53)50-60)66-45-39-57(40-46-66)70-29-15-14-28-69(70)56-37-43-65(44-38-56)76(63-26-8-3-9-27-63)67-47-36-54-19-11-13-21-59(54)51-67/h1-52H. The highest BCUT2D eigenvalue weighted by molar-refractivity contribution is 5.94. The van der Waals surface area contributed by atoms with E-state index in [9.17, 15) is 0 Å². The first-order valence-corrected chi connectivity index (χ1v) is 26.6. The molecule has 14 rings (SSSR count). The minimum atomic E-state index is -0.479. The Hall–Kier alpha value is -10.0. The van der Waals surface area contributed by atoms with Crippen LogP contribution in [0.15, 0.2) is 315 Å². The largest absolute Gasteiger partial charge is 0.310 e. The average Bonchev–Trinajstić information content (AvgIpc) is 3.83. The number of rotatable bonds is 11. The predicted octanol–water partition coefficient (Wildman–Crippen LogP) is 20.3. The molecule has 0 unspecified atom stereocenters. The van der Waals surface area contributed by atoms with Gasteiger partial charge in [-0.15, -0.1) is 0 Å². The summed E-state index contributed by atoms with van der Waals surface area (Å²) in [7, 11) is 0. The minimum Gasteiger partial charge on any atom is -0.310 e. The first-order chi connectivity index (χ1) is 38.2. The van der Waals surface area contributed by atoms with Gasteiger partial charge in [0.2, 0.25) is 0 Å². The van der Waals surface area contributed by atoms with Gasteiger partial charge in [0.05, 0.1) is 5.41 Å². The number of hydrogen-bond acceptors (Lipinski definition) is 2. The first kappa shape index (κ1) is 45.6. The van der Waals surface area contributed by atoms with Gasteiger partial charge in [0, 0.05) is 34.1 Å². The van der Waals surface area contributed by atoms with E-state index in [-0.39, 0.29) is 0 Å². The number of fused-ring (bicyclic) bond motifs is 5. The quantitative estimate of drug-likeness (QED) is 0.127. The summed E-state index contributed by atoms with van der Waals surface area (Å²) in [6.07, 6.45) is 0. The van der Waals surface area contributed by atoms with Crippen LogP contribution in [-0.4, -0.2) is 0 Å². The summed E-state index contributed by atoms with van der Waals surface area (Å²) < 4.78 is 0. The number of benzene rings is 13. The molecule has 1 aliphatic rings. The van der Waals surface area contributed by atoms with Gasteiger partial charge in [0.25, 0.3) is 0 Å². The van der Waals surface area contributed by atoms with Crippen LogP contribution in [0.1, 0.15) is 22.3 Å². The fourth-order valence-electron chi connectivity index (χ4n) is 12.1. The van der Waals surface area contributed by atoms with Gasteiger partial charge in [-0.2, -0.15) is 0 Å². The molecule has 0 aromatic heterocycles. The monoisotopic (exact) mass is 980 g/mol. The molecular formula is C75H52N2. The van der Waals surface area contributed by atoms with Crippen LogP contribution in [0.5, 0.6) is 0 Å². The molecule has 0 heterocycles. The number of nitrogens with zero attached hydrogens (tertiary/aromatic N) is 2. The van der Waals surface area contributed by atoms with Crippen LogP contribution in [0, 0.1) is 0 Å². The molecule has 2 nitrogen and oxygen atoms in total. The van der Waals surface area contributed by atoms with Crippen molar-refractivity contribution in [2.24, 2.45) is 0 Å². The van der Waals surface area contributed by atoms with E-state index >= 15 is 0 Å². The van der Waals surface area contributed by atoms with Crippen molar-refractivity contribution in [1.82, 2.24) is 0 Å².